The molecule has 11 aromatic rings. The van der Waals surface area contributed by atoms with Crippen LogP contribution >= 0.6 is 0 Å². The Balaban J connectivity index is 1.15. The van der Waals surface area contributed by atoms with Crippen molar-refractivity contribution in [2.45, 2.75) is 84.5 Å². The monoisotopic (exact) mass is 969 g/mol. The topological polar surface area (TPSA) is 6.48 Å². The van der Waals surface area contributed by atoms with Crippen molar-refractivity contribution in [3.63, 3.8) is 0 Å². The van der Waals surface area contributed by atoms with E-state index in [2.05, 4.69) is 284 Å². The lowest BCUT2D eigenvalue weighted by atomic mass is 9.68. The van der Waals surface area contributed by atoms with Crippen molar-refractivity contribution in [2.24, 2.45) is 0 Å². The van der Waals surface area contributed by atoms with Gasteiger partial charge in [0, 0.05) is 33.8 Å². The normalized spacial score (nSPS) is 13.1. The lowest BCUT2D eigenvalue weighted by molar-refractivity contribution is 0.809. The molecule has 1 spiro atoms. The van der Waals surface area contributed by atoms with Crippen LogP contribution in [0.3, 0.4) is 0 Å². The summed E-state index contributed by atoms with van der Waals surface area (Å²) in [6.07, 6.45) is 0. The largest absolute Gasteiger partial charge is 0.310 e. The standard InChI is InChI=1S/C73H64N2/c1-45(2)49-25-33-53(34-26-49)74(54-35-27-50(28-36-54)46(3)4)57-41-42-64-65(43-57)58-17-9-11-21-62(58)70-66-44-69(75(55-37-29-51(30-38-55)47(5)6)56-39-31-52(32-40-56)48(7)8)61-20-10-12-22-63(61)71(66)73(72(64)70)67-23-15-13-18-59(67)60-19-14-16-24-68(60)73/h9-48H,1-8H3. The molecule has 2 aliphatic carbocycles. The van der Waals surface area contributed by atoms with Gasteiger partial charge >= 0.3 is 0 Å². The summed E-state index contributed by atoms with van der Waals surface area (Å²) in [7, 11) is 0. The summed E-state index contributed by atoms with van der Waals surface area (Å²) in [5.74, 6) is 1.74. The minimum atomic E-state index is -0.624. The van der Waals surface area contributed by atoms with E-state index in [1.807, 2.05) is 0 Å². The zero-order valence-corrected chi connectivity index (χ0v) is 44.5. The van der Waals surface area contributed by atoms with Crippen molar-refractivity contribution in [3.05, 3.63) is 263 Å². The highest BCUT2D eigenvalue weighted by atomic mass is 15.1. The first-order chi connectivity index (χ1) is 36.5. The maximum atomic E-state index is 2.57. The smallest absolute Gasteiger partial charge is 0.0737 e. The lowest BCUT2D eigenvalue weighted by Crippen LogP contribution is -2.26. The Morgan fingerprint density at radius 2 is 0.653 bits per heavy atom. The van der Waals surface area contributed by atoms with E-state index in [1.165, 1.54) is 105 Å². The van der Waals surface area contributed by atoms with Crippen molar-refractivity contribution < 1.29 is 0 Å². The number of rotatable bonds is 10. The molecule has 0 N–H and O–H groups in total. The van der Waals surface area contributed by atoms with Crippen LogP contribution in [-0.4, -0.2) is 0 Å². The fourth-order valence-electron chi connectivity index (χ4n) is 12.9. The minimum Gasteiger partial charge on any atom is -0.310 e. The van der Waals surface area contributed by atoms with Crippen LogP contribution in [-0.2, 0) is 5.41 Å². The molecular weight excluding hydrogens is 905 g/mol. The fraction of sp³-hybridized carbons (Fsp3) is 0.178. The maximum Gasteiger partial charge on any atom is 0.0737 e. The Hall–Kier alpha value is -8.20. The summed E-state index contributed by atoms with van der Waals surface area (Å²) in [6.45, 7) is 18.2. The van der Waals surface area contributed by atoms with Gasteiger partial charge in [-0.15, -0.1) is 0 Å². The highest BCUT2D eigenvalue weighted by molar-refractivity contribution is 6.23. The molecule has 13 rings (SSSR count). The predicted octanol–water partition coefficient (Wildman–Crippen LogP) is 20.9. The van der Waals surface area contributed by atoms with Crippen LogP contribution in [0.25, 0.3) is 54.6 Å². The second kappa shape index (κ2) is 18.0. The van der Waals surface area contributed by atoms with E-state index in [4.69, 9.17) is 0 Å². The molecule has 2 heteroatoms. The van der Waals surface area contributed by atoms with E-state index in [0.717, 1.165) is 28.4 Å². The van der Waals surface area contributed by atoms with Gasteiger partial charge in [-0.1, -0.05) is 207 Å². The lowest BCUT2D eigenvalue weighted by Gasteiger charge is -2.34. The maximum absolute atomic E-state index is 2.57. The van der Waals surface area contributed by atoms with Gasteiger partial charge in [0.05, 0.1) is 11.1 Å². The van der Waals surface area contributed by atoms with Gasteiger partial charge in [-0.2, -0.15) is 0 Å². The molecule has 366 valence electrons. The zero-order valence-electron chi connectivity index (χ0n) is 44.5. The number of hydrogen-bond acceptors (Lipinski definition) is 2. The molecular formula is C73H64N2. The summed E-state index contributed by atoms with van der Waals surface area (Å²) in [6, 6.07) is 83.9. The molecule has 0 aromatic heterocycles. The Morgan fingerprint density at radius 1 is 0.280 bits per heavy atom. The molecule has 2 nitrogen and oxygen atoms in total. The molecule has 0 fully saturated rings. The van der Waals surface area contributed by atoms with Gasteiger partial charge in [0.1, 0.15) is 0 Å². The van der Waals surface area contributed by atoms with Crippen LogP contribution in [0.1, 0.15) is 124 Å². The van der Waals surface area contributed by atoms with Crippen molar-refractivity contribution in [3.8, 4) is 22.3 Å². The van der Waals surface area contributed by atoms with E-state index >= 15 is 0 Å². The Labute approximate surface area is 443 Å². The zero-order chi connectivity index (χ0) is 51.3. The molecule has 0 amide bonds. The van der Waals surface area contributed by atoms with E-state index in [1.54, 1.807) is 0 Å². The van der Waals surface area contributed by atoms with Crippen LogP contribution < -0.4 is 9.80 Å². The molecule has 0 atom stereocenters. The average molecular weight is 969 g/mol. The first-order valence-corrected chi connectivity index (χ1v) is 27.3. The van der Waals surface area contributed by atoms with Crippen LogP contribution in [0, 0.1) is 0 Å². The number of hydrogen-bond donors (Lipinski definition) is 0. The van der Waals surface area contributed by atoms with E-state index in [-0.39, 0.29) is 0 Å². The van der Waals surface area contributed by atoms with Gasteiger partial charge in [-0.25, -0.2) is 0 Å². The third kappa shape index (κ3) is 7.21. The second-order valence-electron chi connectivity index (χ2n) is 22.4. The number of anilines is 6. The molecule has 0 saturated heterocycles. The molecule has 0 radical (unpaired) electrons. The average Bonchev–Trinajstić information content (AvgIpc) is 4.12. The second-order valence-corrected chi connectivity index (χ2v) is 22.4. The number of fused-ring (bicyclic) bond motifs is 17. The molecule has 0 unspecified atom stereocenters. The fourth-order valence-corrected chi connectivity index (χ4v) is 12.9. The first-order valence-electron chi connectivity index (χ1n) is 27.3. The third-order valence-corrected chi connectivity index (χ3v) is 16.8. The molecule has 75 heavy (non-hydrogen) atoms. The van der Waals surface area contributed by atoms with E-state index in [0.29, 0.717) is 23.7 Å². The molecule has 11 aromatic carbocycles. The van der Waals surface area contributed by atoms with Crippen molar-refractivity contribution >= 4 is 66.4 Å². The van der Waals surface area contributed by atoms with Gasteiger partial charge in [0.2, 0.25) is 0 Å². The Kier molecular flexibility index (Phi) is 11.2. The molecule has 2 aliphatic rings. The predicted molar refractivity (Wildman–Crippen MR) is 321 cm³/mol. The first kappa shape index (κ1) is 46.6. The van der Waals surface area contributed by atoms with Crippen LogP contribution in [0.4, 0.5) is 34.1 Å². The minimum absolute atomic E-state index is 0.429. The summed E-state index contributed by atoms with van der Waals surface area (Å²) >= 11 is 0. The number of benzene rings is 11. The molecule has 0 bridgehead atoms. The van der Waals surface area contributed by atoms with Crippen molar-refractivity contribution in [1.82, 2.24) is 0 Å². The van der Waals surface area contributed by atoms with Crippen LogP contribution in [0.2, 0.25) is 0 Å². The van der Waals surface area contributed by atoms with Crippen LogP contribution in [0.5, 0.6) is 0 Å². The van der Waals surface area contributed by atoms with Gasteiger partial charge in [-0.3, -0.25) is 0 Å². The SMILES string of the molecule is CC(C)c1ccc(N(c2ccc(C(C)C)cc2)c2ccc3c4c(c5ccccc5c3c2)-c2cc(N(c3ccc(C(C)C)cc3)c3ccc(C(C)C)cc3)c3ccccc3c2C42c3ccccc3-c3ccccc32)cc1. The molecule has 0 saturated carbocycles. The van der Waals surface area contributed by atoms with E-state index < -0.39 is 5.41 Å². The van der Waals surface area contributed by atoms with Gasteiger partial charge in [0.25, 0.3) is 0 Å². The van der Waals surface area contributed by atoms with E-state index in [9.17, 15) is 0 Å². The summed E-state index contributed by atoms with van der Waals surface area (Å²) in [4.78, 5) is 4.97. The van der Waals surface area contributed by atoms with Gasteiger partial charge in [-0.05, 0) is 184 Å². The number of nitrogens with zero attached hydrogens (tertiary/aromatic N) is 2. The molecule has 0 aliphatic heterocycles. The van der Waals surface area contributed by atoms with Crippen molar-refractivity contribution in [2.75, 3.05) is 9.80 Å². The highest BCUT2D eigenvalue weighted by Crippen LogP contribution is 2.67. The van der Waals surface area contributed by atoms with Crippen LogP contribution in [0.15, 0.2) is 218 Å². The molecule has 0 heterocycles. The van der Waals surface area contributed by atoms with Crippen molar-refractivity contribution in [1.29, 1.82) is 0 Å². The van der Waals surface area contributed by atoms with Gasteiger partial charge in [0.15, 0.2) is 0 Å². The van der Waals surface area contributed by atoms with Gasteiger partial charge < -0.3 is 9.80 Å². The highest BCUT2D eigenvalue weighted by Gasteiger charge is 2.54. The Bertz CT molecular complexity index is 3840. The summed E-state index contributed by atoms with van der Waals surface area (Å²) in [5, 5.41) is 7.54. The summed E-state index contributed by atoms with van der Waals surface area (Å²) < 4.78 is 0. The third-order valence-electron chi connectivity index (χ3n) is 16.8. The summed E-state index contributed by atoms with van der Waals surface area (Å²) in [5.41, 5.74) is 22.2. The Morgan fingerprint density at radius 3 is 1.12 bits per heavy atom. The quantitative estimate of drug-likeness (QED) is 0.126.